The van der Waals surface area contributed by atoms with Crippen LogP contribution in [0.3, 0.4) is 0 Å². The monoisotopic (exact) mass is 317 g/mol. The number of rotatable bonds is 2. The Morgan fingerprint density at radius 2 is 1.87 bits per heavy atom. The van der Waals surface area contributed by atoms with E-state index in [2.05, 4.69) is 10.2 Å². The largest absolute Gasteiger partial charge is 0.486 e. The van der Waals surface area contributed by atoms with Crippen molar-refractivity contribution in [2.75, 3.05) is 52.5 Å². The van der Waals surface area contributed by atoms with Crippen molar-refractivity contribution in [3.63, 3.8) is 0 Å². The average Bonchev–Trinajstić information content (AvgIpc) is 3.11. The summed E-state index contributed by atoms with van der Waals surface area (Å²) in [7, 11) is 0. The second-order valence-electron chi connectivity index (χ2n) is 6.34. The Morgan fingerprint density at radius 3 is 2.70 bits per heavy atom. The number of benzene rings is 1. The lowest BCUT2D eigenvalue weighted by Gasteiger charge is -2.32. The molecule has 3 heterocycles. The van der Waals surface area contributed by atoms with Crippen molar-refractivity contribution in [1.82, 2.24) is 15.1 Å². The molecule has 6 heteroatoms. The molecular formula is C17H23N3O3. The summed E-state index contributed by atoms with van der Waals surface area (Å²) in [5.74, 6) is 1.51. The van der Waals surface area contributed by atoms with Gasteiger partial charge >= 0.3 is 0 Å². The van der Waals surface area contributed by atoms with Gasteiger partial charge in [0.1, 0.15) is 13.2 Å². The third-order valence-corrected chi connectivity index (χ3v) is 4.91. The van der Waals surface area contributed by atoms with Gasteiger partial charge in [0.25, 0.3) is 5.91 Å². The maximum atomic E-state index is 12.8. The summed E-state index contributed by atoms with van der Waals surface area (Å²) in [6.07, 6.45) is 1.07. The van der Waals surface area contributed by atoms with Gasteiger partial charge in [-0.15, -0.1) is 0 Å². The molecule has 0 bridgehead atoms. The molecule has 1 N–H and O–H groups in total. The molecule has 0 saturated carbocycles. The highest BCUT2D eigenvalue weighted by atomic mass is 16.6. The number of carbonyl (C=O) groups excluding carboxylic acids is 1. The Morgan fingerprint density at radius 1 is 1.09 bits per heavy atom. The summed E-state index contributed by atoms with van der Waals surface area (Å²) in [6, 6.07) is 5.99. The minimum absolute atomic E-state index is 0.0969. The number of fused-ring (bicyclic) bond motifs is 1. The molecule has 0 aliphatic carbocycles. The van der Waals surface area contributed by atoms with Crippen molar-refractivity contribution >= 4 is 5.91 Å². The number of hydrogen-bond donors (Lipinski definition) is 1. The second-order valence-corrected chi connectivity index (χ2v) is 6.34. The van der Waals surface area contributed by atoms with Gasteiger partial charge in [-0.1, -0.05) is 0 Å². The quantitative estimate of drug-likeness (QED) is 0.865. The molecule has 0 radical (unpaired) electrons. The van der Waals surface area contributed by atoms with E-state index >= 15 is 0 Å². The molecular weight excluding hydrogens is 294 g/mol. The van der Waals surface area contributed by atoms with E-state index in [0.29, 0.717) is 30.6 Å². The Kier molecular flexibility index (Phi) is 4.10. The predicted molar refractivity (Wildman–Crippen MR) is 86.2 cm³/mol. The normalized spacial score (nSPS) is 24.7. The number of piperazine rings is 1. The lowest BCUT2D eigenvalue weighted by atomic mass is 10.1. The number of nitrogens with zero attached hydrogens (tertiary/aromatic N) is 2. The zero-order chi connectivity index (χ0) is 15.6. The van der Waals surface area contributed by atoms with Gasteiger partial charge in [0.15, 0.2) is 11.5 Å². The number of likely N-dealkylation sites (tertiary alicyclic amines) is 1. The third kappa shape index (κ3) is 3.01. The summed E-state index contributed by atoms with van der Waals surface area (Å²) >= 11 is 0. The van der Waals surface area contributed by atoms with Crippen molar-refractivity contribution in [3.05, 3.63) is 23.8 Å². The van der Waals surface area contributed by atoms with Crippen LogP contribution < -0.4 is 14.8 Å². The zero-order valence-electron chi connectivity index (χ0n) is 13.3. The molecule has 1 amide bonds. The van der Waals surface area contributed by atoms with Crippen LogP contribution in [0.15, 0.2) is 18.2 Å². The molecule has 1 atom stereocenters. The van der Waals surface area contributed by atoms with E-state index in [1.165, 1.54) is 0 Å². The van der Waals surface area contributed by atoms with Crippen molar-refractivity contribution in [2.45, 2.75) is 12.5 Å². The Labute approximate surface area is 136 Å². The second kappa shape index (κ2) is 6.37. The van der Waals surface area contributed by atoms with Crippen LogP contribution in [0.4, 0.5) is 0 Å². The average molecular weight is 317 g/mol. The van der Waals surface area contributed by atoms with E-state index in [0.717, 1.165) is 51.4 Å². The fourth-order valence-electron chi connectivity index (χ4n) is 3.63. The highest BCUT2D eigenvalue weighted by Crippen LogP contribution is 2.31. The summed E-state index contributed by atoms with van der Waals surface area (Å²) in [4.78, 5) is 17.2. The first-order valence-corrected chi connectivity index (χ1v) is 8.45. The van der Waals surface area contributed by atoms with Crippen LogP contribution >= 0.6 is 0 Å². The first kappa shape index (κ1) is 14.8. The molecule has 3 aliphatic heterocycles. The first-order chi connectivity index (χ1) is 11.3. The Hall–Kier alpha value is -1.79. The van der Waals surface area contributed by atoms with Crippen molar-refractivity contribution < 1.29 is 14.3 Å². The summed E-state index contributed by atoms with van der Waals surface area (Å²) in [5.41, 5.74) is 0.690. The van der Waals surface area contributed by atoms with Crippen LogP contribution in [0.1, 0.15) is 16.8 Å². The number of nitrogens with one attached hydrogen (secondary N) is 1. The number of hydrogen-bond acceptors (Lipinski definition) is 5. The first-order valence-electron chi connectivity index (χ1n) is 8.45. The predicted octanol–water partition coefficient (Wildman–Crippen LogP) is 0.578. The van der Waals surface area contributed by atoms with Crippen LogP contribution in [0, 0.1) is 0 Å². The van der Waals surface area contributed by atoms with Crippen LogP contribution in [0.2, 0.25) is 0 Å². The Bertz CT molecular complexity index is 586. The van der Waals surface area contributed by atoms with Gasteiger partial charge in [0.2, 0.25) is 0 Å². The van der Waals surface area contributed by atoms with Crippen LogP contribution in [-0.2, 0) is 0 Å². The van der Waals surface area contributed by atoms with Gasteiger partial charge in [-0.05, 0) is 24.6 Å². The van der Waals surface area contributed by atoms with Gasteiger partial charge in [-0.2, -0.15) is 0 Å². The summed E-state index contributed by atoms with van der Waals surface area (Å²) < 4.78 is 11.1. The summed E-state index contributed by atoms with van der Waals surface area (Å²) in [6.45, 7) is 7.03. The SMILES string of the molecule is O=C(c1ccc2c(c1)OCCO2)N1CCC(N2CCNCC2)C1. The standard InChI is InChI=1S/C17H23N3O3/c21-17(13-1-2-15-16(11-13)23-10-9-22-15)20-6-3-14(12-20)19-7-4-18-5-8-19/h1-2,11,14,18H,3-10,12H2. The van der Waals surface area contributed by atoms with Gasteiger partial charge < -0.3 is 19.7 Å². The van der Waals surface area contributed by atoms with Crippen LogP contribution in [-0.4, -0.2) is 74.2 Å². The Balaban J connectivity index is 1.43. The van der Waals surface area contributed by atoms with E-state index in [9.17, 15) is 4.79 Å². The van der Waals surface area contributed by atoms with E-state index < -0.39 is 0 Å². The van der Waals surface area contributed by atoms with E-state index in [-0.39, 0.29) is 5.91 Å². The molecule has 0 spiro atoms. The molecule has 3 aliphatic rings. The van der Waals surface area contributed by atoms with Crippen LogP contribution in [0.5, 0.6) is 11.5 Å². The molecule has 2 fully saturated rings. The van der Waals surface area contributed by atoms with Crippen molar-refractivity contribution in [1.29, 1.82) is 0 Å². The minimum Gasteiger partial charge on any atom is -0.486 e. The fraction of sp³-hybridized carbons (Fsp3) is 0.588. The molecule has 23 heavy (non-hydrogen) atoms. The number of ether oxygens (including phenoxy) is 2. The molecule has 4 rings (SSSR count). The smallest absolute Gasteiger partial charge is 0.254 e. The highest BCUT2D eigenvalue weighted by Gasteiger charge is 2.31. The van der Waals surface area contributed by atoms with Crippen LogP contribution in [0.25, 0.3) is 0 Å². The van der Waals surface area contributed by atoms with E-state index in [1.54, 1.807) is 0 Å². The highest BCUT2D eigenvalue weighted by molar-refractivity contribution is 5.95. The maximum absolute atomic E-state index is 12.8. The number of amides is 1. The molecule has 2 saturated heterocycles. The van der Waals surface area contributed by atoms with E-state index in [1.807, 2.05) is 23.1 Å². The van der Waals surface area contributed by atoms with Crippen molar-refractivity contribution in [2.24, 2.45) is 0 Å². The molecule has 6 nitrogen and oxygen atoms in total. The molecule has 1 unspecified atom stereocenters. The molecule has 1 aromatic rings. The molecule has 1 aromatic carbocycles. The fourth-order valence-corrected chi connectivity index (χ4v) is 3.63. The zero-order valence-corrected chi connectivity index (χ0v) is 13.3. The minimum atomic E-state index is 0.0969. The van der Waals surface area contributed by atoms with Gasteiger partial charge in [0, 0.05) is 50.9 Å². The van der Waals surface area contributed by atoms with E-state index in [4.69, 9.17) is 9.47 Å². The van der Waals surface area contributed by atoms with Gasteiger partial charge in [-0.25, -0.2) is 0 Å². The molecule has 124 valence electrons. The summed E-state index contributed by atoms with van der Waals surface area (Å²) in [5, 5.41) is 3.38. The lowest BCUT2D eigenvalue weighted by Crippen LogP contribution is -2.49. The topological polar surface area (TPSA) is 54.0 Å². The number of carbonyl (C=O) groups is 1. The van der Waals surface area contributed by atoms with Gasteiger partial charge in [-0.3, -0.25) is 9.69 Å². The molecule has 0 aromatic heterocycles. The lowest BCUT2D eigenvalue weighted by molar-refractivity contribution is 0.0772. The van der Waals surface area contributed by atoms with Crippen molar-refractivity contribution in [3.8, 4) is 11.5 Å². The third-order valence-electron chi connectivity index (χ3n) is 4.91. The van der Waals surface area contributed by atoms with Gasteiger partial charge in [0.05, 0.1) is 0 Å². The maximum Gasteiger partial charge on any atom is 0.254 e.